The third-order valence-corrected chi connectivity index (χ3v) is 6.37. The number of rotatable bonds is 11. The van der Waals surface area contributed by atoms with Crippen LogP contribution in [0, 0.1) is 17.6 Å². The van der Waals surface area contributed by atoms with Crippen molar-refractivity contribution < 1.29 is 23.0 Å². The molecule has 2 aromatic rings. The van der Waals surface area contributed by atoms with Crippen LogP contribution in [0.4, 0.5) is 8.78 Å². The number of carbonyl (C=O) groups excluding carboxylic acids is 1. The fraction of sp³-hybridized carbons (Fsp3) is 0.464. The highest BCUT2D eigenvalue weighted by atomic mass is 19.1. The van der Waals surface area contributed by atoms with E-state index in [1.165, 1.54) is 24.3 Å². The third-order valence-electron chi connectivity index (χ3n) is 6.37. The van der Waals surface area contributed by atoms with Gasteiger partial charge in [-0.25, -0.2) is 13.6 Å². The van der Waals surface area contributed by atoms with Crippen molar-refractivity contribution in [3.8, 4) is 0 Å². The number of hydrogen-bond donors (Lipinski definition) is 0. The van der Waals surface area contributed by atoms with Gasteiger partial charge in [-0.3, -0.25) is 0 Å². The maximum atomic E-state index is 13.4. The van der Waals surface area contributed by atoms with Gasteiger partial charge in [-0.05, 0) is 93.9 Å². The zero-order valence-corrected chi connectivity index (χ0v) is 20.1. The molecule has 0 bridgehead atoms. The Bertz CT molecular complexity index is 874. The second-order valence-electron chi connectivity index (χ2n) is 8.82. The van der Waals surface area contributed by atoms with Crippen LogP contribution in [0.2, 0.25) is 0 Å². The van der Waals surface area contributed by atoms with Crippen LogP contribution in [-0.2, 0) is 14.3 Å². The Labute approximate surface area is 201 Å². The number of allylic oxidation sites excluding steroid dienone is 1. The summed E-state index contributed by atoms with van der Waals surface area (Å²) in [5.74, 6) is -0.154. The van der Waals surface area contributed by atoms with Crippen molar-refractivity contribution in [2.45, 2.75) is 45.6 Å². The molecule has 0 aromatic heterocycles. The second kappa shape index (κ2) is 13.4. The minimum atomic E-state index is -0.367. The van der Waals surface area contributed by atoms with E-state index in [0.717, 1.165) is 56.4 Å². The molecular weight excluding hydrogens is 436 g/mol. The minimum Gasteiger partial charge on any atom is -0.463 e. The number of esters is 1. The van der Waals surface area contributed by atoms with Gasteiger partial charge in [0.2, 0.25) is 0 Å². The van der Waals surface area contributed by atoms with Gasteiger partial charge in [0, 0.05) is 12.1 Å². The van der Waals surface area contributed by atoms with Crippen LogP contribution >= 0.6 is 0 Å². The maximum absolute atomic E-state index is 13.4. The molecule has 0 saturated carbocycles. The van der Waals surface area contributed by atoms with Crippen molar-refractivity contribution in [1.29, 1.82) is 0 Å². The van der Waals surface area contributed by atoms with Crippen LogP contribution in [0.3, 0.4) is 0 Å². The number of likely N-dealkylation sites (tertiary alicyclic amines) is 1. The van der Waals surface area contributed by atoms with Gasteiger partial charge in [-0.2, -0.15) is 0 Å². The lowest BCUT2D eigenvalue weighted by Crippen LogP contribution is -2.36. The zero-order chi connectivity index (χ0) is 24.3. The van der Waals surface area contributed by atoms with Crippen LogP contribution in [0.15, 0.2) is 60.2 Å². The van der Waals surface area contributed by atoms with E-state index < -0.39 is 0 Å². The smallest absolute Gasteiger partial charge is 0.333 e. The molecule has 0 unspecified atom stereocenters. The largest absolute Gasteiger partial charge is 0.463 e. The molecule has 34 heavy (non-hydrogen) atoms. The molecule has 6 heteroatoms. The molecular formula is C28H35F2NO3. The lowest BCUT2D eigenvalue weighted by Gasteiger charge is -2.32. The maximum Gasteiger partial charge on any atom is 0.333 e. The number of hydrogen-bond acceptors (Lipinski definition) is 4. The molecule has 1 aliphatic heterocycles. The molecule has 0 N–H and O–H groups in total. The summed E-state index contributed by atoms with van der Waals surface area (Å²) in [6.45, 7) is 7.42. The molecule has 1 fully saturated rings. The van der Waals surface area contributed by atoms with Crippen molar-refractivity contribution in [2.24, 2.45) is 5.92 Å². The van der Waals surface area contributed by atoms with E-state index in [9.17, 15) is 13.6 Å². The molecule has 1 saturated heterocycles. The van der Waals surface area contributed by atoms with Gasteiger partial charge < -0.3 is 14.4 Å². The first kappa shape index (κ1) is 26.0. The van der Waals surface area contributed by atoms with E-state index in [-0.39, 0.29) is 23.7 Å². The van der Waals surface area contributed by atoms with Crippen molar-refractivity contribution in [1.82, 2.24) is 4.90 Å². The van der Waals surface area contributed by atoms with E-state index in [0.29, 0.717) is 24.7 Å². The first-order chi connectivity index (χ1) is 16.5. The Balaban J connectivity index is 1.45. The van der Waals surface area contributed by atoms with Crippen LogP contribution in [0.25, 0.3) is 0 Å². The van der Waals surface area contributed by atoms with Gasteiger partial charge in [-0.15, -0.1) is 0 Å². The average molecular weight is 472 g/mol. The highest BCUT2D eigenvalue weighted by Gasteiger charge is 2.20. The zero-order valence-electron chi connectivity index (χ0n) is 20.1. The average Bonchev–Trinajstić information content (AvgIpc) is 2.84. The summed E-state index contributed by atoms with van der Waals surface area (Å²) in [5.41, 5.74) is 2.38. The van der Waals surface area contributed by atoms with Crippen LogP contribution in [-0.4, -0.2) is 43.7 Å². The Morgan fingerprint density at radius 1 is 1.03 bits per heavy atom. The highest BCUT2D eigenvalue weighted by Crippen LogP contribution is 2.27. The SMILES string of the molecule is CCOC(=O)C(C)=CCCC1CCN(CCOC(c2ccc(F)cc2)c2ccc(F)cc2)CC1. The lowest BCUT2D eigenvalue weighted by molar-refractivity contribution is -0.138. The van der Waals surface area contributed by atoms with Gasteiger partial charge in [0.05, 0.1) is 13.2 Å². The van der Waals surface area contributed by atoms with Crippen LogP contribution < -0.4 is 0 Å². The number of carbonyl (C=O) groups is 1. The first-order valence-corrected chi connectivity index (χ1v) is 12.1. The normalized spacial score (nSPS) is 15.6. The molecule has 184 valence electrons. The molecule has 1 heterocycles. The summed E-state index contributed by atoms with van der Waals surface area (Å²) in [6.07, 6.45) is 5.86. The number of ether oxygens (including phenoxy) is 2. The summed E-state index contributed by atoms with van der Waals surface area (Å²) in [5, 5.41) is 0. The number of piperidine rings is 1. The Morgan fingerprint density at radius 2 is 1.59 bits per heavy atom. The monoisotopic (exact) mass is 471 g/mol. The predicted octanol–water partition coefficient (Wildman–Crippen LogP) is 6.07. The summed E-state index contributed by atoms with van der Waals surface area (Å²) in [7, 11) is 0. The molecule has 4 nitrogen and oxygen atoms in total. The molecule has 0 radical (unpaired) electrons. The summed E-state index contributed by atoms with van der Waals surface area (Å²) >= 11 is 0. The second-order valence-corrected chi connectivity index (χ2v) is 8.82. The van der Waals surface area contributed by atoms with E-state index in [1.54, 1.807) is 24.3 Å². The fourth-order valence-electron chi connectivity index (χ4n) is 4.32. The van der Waals surface area contributed by atoms with Gasteiger partial charge in [0.15, 0.2) is 0 Å². The van der Waals surface area contributed by atoms with E-state index in [4.69, 9.17) is 9.47 Å². The topological polar surface area (TPSA) is 38.8 Å². The number of halogens is 2. The molecule has 0 spiro atoms. The van der Waals surface area contributed by atoms with Gasteiger partial charge in [-0.1, -0.05) is 30.3 Å². The number of benzene rings is 2. The molecule has 3 rings (SSSR count). The van der Waals surface area contributed by atoms with E-state index in [2.05, 4.69) is 4.90 Å². The van der Waals surface area contributed by atoms with Gasteiger partial charge in [0.1, 0.15) is 17.7 Å². The lowest BCUT2D eigenvalue weighted by atomic mass is 9.92. The van der Waals surface area contributed by atoms with Crippen molar-refractivity contribution in [3.05, 3.63) is 82.9 Å². The Kier molecular flexibility index (Phi) is 10.2. The first-order valence-electron chi connectivity index (χ1n) is 12.1. The molecule has 1 aliphatic rings. The van der Waals surface area contributed by atoms with Crippen LogP contribution in [0.1, 0.15) is 56.8 Å². The van der Waals surface area contributed by atoms with Gasteiger partial charge >= 0.3 is 5.97 Å². The minimum absolute atomic E-state index is 0.225. The summed E-state index contributed by atoms with van der Waals surface area (Å²) in [6, 6.07) is 12.5. The van der Waals surface area contributed by atoms with Crippen molar-refractivity contribution in [3.63, 3.8) is 0 Å². The number of nitrogens with zero attached hydrogens (tertiary/aromatic N) is 1. The molecule has 0 atom stereocenters. The third kappa shape index (κ3) is 8.03. The standard InChI is InChI=1S/C28H35F2NO3/c1-3-33-28(32)21(2)5-4-6-22-15-17-31(18-16-22)19-20-34-27(23-7-11-25(29)12-8-23)24-9-13-26(30)14-10-24/h5,7-14,22,27H,3-4,6,15-20H2,1-2H3. The van der Waals surface area contributed by atoms with E-state index >= 15 is 0 Å². The van der Waals surface area contributed by atoms with Crippen LogP contribution in [0.5, 0.6) is 0 Å². The fourth-order valence-corrected chi connectivity index (χ4v) is 4.32. The summed E-state index contributed by atoms with van der Waals surface area (Å²) in [4.78, 5) is 14.1. The Hall–Kier alpha value is -2.57. The molecule has 0 aliphatic carbocycles. The van der Waals surface area contributed by atoms with Crippen molar-refractivity contribution in [2.75, 3.05) is 32.8 Å². The highest BCUT2D eigenvalue weighted by molar-refractivity contribution is 5.87. The quantitative estimate of drug-likeness (QED) is 0.294. The molecule has 2 aromatic carbocycles. The van der Waals surface area contributed by atoms with E-state index in [1.807, 2.05) is 19.9 Å². The predicted molar refractivity (Wildman–Crippen MR) is 129 cm³/mol. The summed E-state index contributed by atoms with van der Waals surface area (Å²) < 4.78 is 38.0. The molecule has 0 amide bonds. The Morgan fingerprint density at radius 3 is 2.12 bits per heavy atom. The van der Waals surface area contributed by atoms with Crippen molar-refractivity contribution >= 4 is 5.97 Å². The van der Waals surface area contributed by atoms with Gasteiger partial charge in [0.25, 0.3) is 0 Å².